The minimum atomic E-state index is -2.81. The van der Waals surface area contributed by atoms with Gasteiger partial charge in [0.2, 0.25) is 0 Å². The molecule has 0 saturated heterocycles. The lowest BCUT2D eigenvalue weighted by Gasteiger charge is -2.22. The maximum absolute atomic E-state index is 14.0. The Morgan fingerprint density at radius 3 is 1.89 bits per heavy atom. The third-order valence-electron chi connectivity index (χ3n) is 3.07. The van der Waals surface area contributed by atoms with Crippen LogP contribution in [0.15, 0.2) is 24.3 Å². The molecule has 0 fully saturated rings. The van der Waals surface area contributed by atoms with E-state index in [0.29, 0.717) is 12.5 Å². The molecule has 0 heterocycles. The Morgan fingerprint density at radius 1 is 1.00 bits per heavy atom. The van der Waals surface area contributed by atoms with Crippen LogP contribution in [0.4, 0.5) is 8.78 Å². The van der Waals surface area contributed by atoms with E-state index in [2.05, 4.69) is 26.1 Å². The fourth-order valence-corrected chi connectivity index (χ4v) is 1.83. The molecule has 0 aliphatic heterocycles. The van der Waals surface area contributed by atoms with Crippen LogP contribution in [0.25, 0.3) is 0 Å². The number of hydrogen-bond donors (Lipinski definition) is 1. The van der Waals surface area contributed by atoms with E-state index < -0.39 is 5.92 Å². The van der Waals surface area contributed by atoms with Crippen molar-refractivity contribution in [2.45, 2.75) is 46.0 Å². The van der Waals surface area contributed by atoms with Crippen molar-refractivity contribution in [3.8, 4) is 0 Å². The number of rotatable bonds is 5. The Kier molecular flexibility index (Phi) is 5.08. The maximum Gasteiger partial charge on any atom is 0.285 e. The lowest BCUT2D eigenvalue weighted by Crippen LogP contribution is -2.33. The van der Waals surface area contributed by atoms with Crippen LogP contribution in [0, 0.1) is 5.92 Å². The lowest BCUT2D eigenvalue weighted by atomic mass is 9.86. The van der Waals surface area contributed by atoms with Gasteiger partial charge in [-0.3, -0.25) is 0 Å². The first-order valence-corrected chi connectivity index (χ1v) is 6.82. The van der Waals surface area contributed by atoms with E-state index in [9.17, 15) is 8.78 Å². The van der Waals surface area contributed by atoms with Crippen LogP contribution in [-0.2, 0) is 11.3 Å². The van der Waals surface area contributed by atoms with Crippen molar-refractivity contribution >= 4 is 0 Å². The van der Waals surface area contributed by atoms with Crippen LogP contribution in [0.1, 0.15) is 45.7 Å². The Labute approximate surface area is 115 Å². The van der Waals surface area contributed by atoms with Gasteiger partial charge >= 0.3 is 0 Å². The summed E-state index contributed by atoms with van der Waals surface area (Å²) < 4.78 is 27.9. The quantitative estimate of drug-likeness (QED) is 0.839. The highest BCUT2D eigenvalue weighted by Gasteiger charge is 2.31. The zero-order chi connectivity index (χ0) is 14.7. The van der Waals surface area contributed by atoms with Crippen molar-refractivity contribution in [1.29, 1.82) is 0 Å². The minimum Gasteiger partial charge on any atom is -0.311 e. The van der Waals surface area contributed by atoms with Gasteiger partial charge in [-0.05, 0) is 23.4 Å². The maximum atomic E-state index is 14.0. The molecular weight excluding hydrogens is 244 g/mol. The summed E-state index contributed by atoms with van der Waals surface area (Å²) >= 11 is 0. The molecule has 0 atom stereocenters. The summed E-state index contributed by atoms with van der Waals surface area (Å²) in [5.41, 5.74) is 1.14. The second-order valence-corrected chi connectivity index (χ2v) is 6.56. The van der Waals surface area contributed by atoms with E-state index >= 15 is 0 Å². The number of alkyl halides is 2. The number of benzene rings is 1. The van der Waals surface area contributed by atoms with E-state index in [1.807, 2.05) is 13.8 Å². The van der Waals surface area contributed by atoms with Gasteiger partial charge in [0.25, 0.3) is 5.92 Å². The van der Waals surface area contributed by atoms with Gasteiger partial charge in [-0.1, -0.05) is 58.9 Å². The minimum absolute atomic E-state index is 0.0102. The molecule has 1 N–H and O–H groups in total. The van der Waals surface area contributed by atoms with E-state index in [1.54, 1.807) is 12.1 Å². The normalized spacial score (nSPS) is 13.1. The average molecular weight is 269 g/mol. The highest BCUT2D eigenvalue weighted by Crippen LogP contribution is 2.30. The predicted octanol–water partition coefficient (Wildman–Crippen LogP) is 4.32. The van der Waals surface area contributed by atoms with E-state index in [-0.39, 0.29) is 17.5 Å². The van der Waals surface area contributed by atoms with Crippen molar-refractivity contribution in [2.75, 3.05) is 13.1 Å². The molecule has 1 nitrogen and oxygen atoms in total. The van der Waals surface area contributed by atoms with E-state index in [1.165, 1.54) is 12.1 Å². The lowest BCUT2D eigenvalue weighted by molar-refractivity contribution is -0.00356. The molecule has 0 radical (unpaired) electrons. The first kappa shape index (κ1) is 16.1. The zero-order valence-corrected chi connectivity index (χ0v) is 12.6. The third kappa shape index (κ3) is 4.90. The largest absolute Gasteiger partial charge is 0.311 e. The second kappa shape index (κ2) is 6.00. The van der Waals surface area contributed by atoms with Crippen LogP contribution in [0.3, 0.4) is 0 Å². The summed E-state index contributed by atoms with van der Waals surface area (Å²) in [6.45, 7) is 10.5. The van der Waals surface area contributed by atoms with Crippen LogP contribution >= 0.6 is 0 Å². The summed E-state index contributed by atoms with van der Waals surface area (Å²) in [7, 11) is 0. The van der Waals surface area contributed by atoms with Crippen LogP contribution in [-0.4, -0.2) is 13.1 Å². The molecule has 0 unspecified atom stereocenters. The van der Waals surface area contributed by atoms with Gasteiger partial charge in [0.1, 0.15) is 0 Å². The van der Waals surface area contributed by atoms with Gasteiger partial charge < -0.3 is 5.32 Å². The molecule has 108 valence electrons. The predicted molar refractivity (Wildman–Crippen MR) is 76.7 cm³/mol. The van der Waals surface area contributed by atoms with Crippen LogP contribution < -0.4 is 5.32 Å². The Hall–Kier alpha value is -0.960. The van der Waals surface area contributed by atoms with Crippen LogP contribution in [0.5, 0.6) is 0 Å². The van der Waals surface area contributed by atoms with Gasteiger partial charge in [0, 0.05) is 5.56 Å². The van der Waals surface area contributed by atoms with Gasteiger partial charge in [-0.25, -0.2) is 0 Å². The smallest absolute Gasteiger partial charge is 0.285 e. The Morgan fingerprint density at radius 2 is 1.47 bits per heavy atom. The summed E-state index contributed by atoms with van der Waals surface area (Å²) in [4.78, 5) is 0. The molecule has 19 heavy (non-hydrogen) atoms. The Bertz CT molecular complexity index is 388. The molecule has 0 spiro atoms. The highest BCUT2D eigenvalue weighted by molar-refractivity contribution is 5.30. The fourth-order valence-electron chi connectivity index (χ4n) is 1.83. The molecule has 0 aromatic heterocycles. The molecule has 0 aliphatic rings. The van der Waals surface area contributed by atoms with Crippen molar-refractivity contribution in [3.05, 3.63) is 35.4 Å². The van der Waals surface area contributed by atoms with Gasteiger partial charge in [0.15, 0.2) is 0 Å². The molecule has 3 heteroatoms. The first-order valence-electron chi connectivity index (χ1n) is 6.82. The molecule has 0 bridgehead atoms. The van der Waals surface area contributed by atoms with E-state index in [4.69, 9.17) is 0 Å². The summed E-state index contributed by atoms with van der Waals surface area (Å²) in [5.74, 6) is -2.44. The molecular formula is C16H25F2N. The third-order valence-corrected chi connectivity index (χ3v) is 3.07. The summed E-state index contributed by atoms with van der Waals surface area (Å²) in [6.07, 6.45) is 0. The van der Waals surface area contributed by atoms with Gasteiger partial charge in [0.05, 0.1) is 6.54 Å². The van der Waals surface area contributed by atoms with Gasteiger partial charge in [-0.15, -0.1) is 0 Å². The Balaban J connectivity index is 2.73. The zero-order valence-electron chi connectivity index (χ0n) is 12.6. The summed E-state index contributed by atoms with van der Waals surface area (Å²) in [6, 6.07) is 6.67. The average Bonchev–Trinajstić information content (AvgIpc) is 2.27. The summed E-state index contributed by atoms with van der Waals surface area (Å²) in [5, 5.41) is 2.82. The SMILES string of the molecule is CC(C)CNCC(F)(F)c1ccc(C(C)(C)C)cc1. The molecule has 1 aromatic carbocycles. The standard InChI is InChI=1S/C16H25F2N/c1-12(2)10-19-11-16(17,18)14-8-6-13(7-9-14)15(3,4)5/h6-9,12,19H,10-11H2,1-5H3. The van der Waals surface area contributed by atoms with Crippen molar-refractivity contribution in [3.63, 3.8) is 0 Å². The second-order valence-electron chi connectivity index (χ2n) is 6.56. The van der Waals surface area contributed by atoms with Crippen molar-refractivity contribution in [1.82, 2.24) is 5.32 Å². The molecule has 0 saturated carbocycles. The highest BCUT2D eigenvalue weighted by atomic mass is 19.3. The monoisotopic (exact) mass is 269 g/mol. The number of halogens is 2. The van der Waals surface area contributed by atoms with Gasteiger partial charge in [-0.2, -0.15) is 8.78 Å². The van der Waals surface area contributed by atoms with Crippen molar-refractivity contribution in [2.24, 2.45) is 5.92 Å². The first-order chi connectivity index (χ1) is 8.63. The fraction of sp³-hybridized carbons (Fsp3) is 0.625. The topological polar surface area (TPSA) is 12.0 Å². The number of hydrogen-bond acceptors (Lipinski definition) is 1. The molecule has 1 rings (SSSR count). The number of nitrogens with one attached hydrogen (secondary N) is 1. The molecule has 0 aliphatic carbocycles. The van der Waals surface area contributed by atoms with E-state index in [0.717, 1.165) is 5.56 Å². The molecule has 0 amide bonds. The van der Waals surface area contributed by atoms with Crippen LogP contribution in [0.2, 0.25) is 0 Å². The van der Waals surface area contributed by atoms with Crippen molar-refractivity contribution < 1.29 is 8.78 Å². The molecule has 1 aromatic rings.